The summed E-state index contributed by atoms with van der Waals surface area (Å²) in [6.45, 7) is 1.52. The Morgan fingerprint density at radius 2 is 1.86 bits per heavy atom. The molecule has 0 aliphatic carbocycles. The maximum absolute atomic E-state index is 10.5. The van der Waals surface area contributed by atoms with Crippen molar-refractivity contribution in [2.24, 2.45) is 0 Å². The first-order chi connectivity index (χ1) is 6.09. The number of phenols is 1. The van der Waals surface area contributed by atoms with Crippen LogP contribution in [0.1, 0.15) is 15.3 Å². The molecule has 0 aliphatic heterocycles. The molecule has 0 unspecified atom stereocenters. The number of aromatic hydroxyl groups is 1. The number of carboxylic acid groups (broad SMARTS) is 1. The molecular formula is C10H12BeO3. The topological polar surface area (TPSA) is 57.5 Å². The second kappa shape index (κ2) is 5.20. The molecule has 72 valence electrons. The second-order valence-electron chi connectivity index (χ2n) is 2.72. The van der Waals surface area contributed by atoms with E-state index >= 15 is 0 Å². The average molecular weight is 189 g/mol. The normalized spacial score (nSPS) is 10.5. The fourth-order valence-electron chi connectivity index (χ4n) is 0.882. The first kappa shape index (κ1) is 12.4. The van der Waals surface area contributed by atoms with Gasteiger partial charge in [0, 0.05) is 5.57 Å². The molecule has 0 saturated heterocycles. The van der Waals surface area contributed by atoms with E-state index in [1.165, 1.54) is 19.1 Å². The average Bonchev–Trinajstić information content (AvgIpc) is 2.08. The first-order valence-corrected chi connectivity index (χ1v) is 3.80. The van der Waals surface area contributed by atoms with Gasteiger partial charge in [-0.15, -0.1) is 0 Å². The Hall–Kier alpha value is -1.60. The largest absolute Gasteiger partial charge is 2.00 e. The Bertz CT molecular complexity index is 350. The van der Waals surface area contributed by atoms with Crippen LogP contribution in [0.25, 0.3) is 6.08 Å². The van der Waals surface area contributed by atoms with Crippen LogP contribution in [0.5, 0.6) is 5.75 Å². The Morgan fingerprint density at radius 1 is 1.36 bits per heavy atom. The standard InChI is InChI=1S/C10H10O3.Be.2H/c1-7(10(12)13)6-8-2-4-9(11)5-3-8;;;/h2-6,11H,1H3,(H,12,13);;;/q;+2;2*-1. The predicted molar refractivity (Wildman–Crippen MR) is 57.4 cm³/mol. The number of rotatable bonds is 2. The molecule has 1 aromatic carbocycles. The van der Waals surface area contributed by atoms with E-state index in [4.69, 9.17) is 10.2 Å². The number of aliphatic carboxylic acids is 1. The zero-order valence-corrected chi connectivity index (χ0v) is 7.90. The van der Waals surface area contributed by atoms with Gasteiger partial charge in [-0.25, -0.2) is 4.79 Å². The minimum absolute atomic E-state index is 0. The van der Waals surface area contributed by atoms with Gasteiger partial charge in [-0.05, 0) is 30.7 Å². The fourth-order valence-corrected chi connectivity index (χ4v) is 0.882. The van der Waals surface area contributed by atoms with E-state index < -0.39 is 5.97 Å². The van der Waals surface area contributed by atoms with Crippen LogP contribution in [0.2, 0.25) is 0 Å². The number of phenolic OH excluding ortho intramolecular Hbond substituents is 1. The molecule has 0 saturated carbocycles. The Kier molecular flexibility index (Phi) is 4.60. The van der Waals surface area contributed by atoms with Gasteiger partial charge in [0.05, 0.1) is 0 Å². The van der Waals surface area contributed by atoms with Crippen LogP contribution in [0, 0.1) is 0 Å². The van der Waals surface area contributed by atoms with E-state index in [1.807, 2.05) is 0 Å². The molecule has 14 heavy (non-hydrogen) atoms. The van der Waals surface area contributed by atoms with Gasteiger partial charge in [0.25, 0.3) is 0 Å². The second-order valence-corrected chi connectivity index (χ2v) is 2.72. The zero-order chi connectivity index (χ0) is 9.84. The fraction of sp³-hybridized carbons (Fsp3) is 0.100. The molecule has 1 rings (SSSR count). The van der Waals surface area contributed by atoms with Gasteiger partial charge in [-0.1, -0.05) is 12.1 Å². The number of carboxylic acids is 1. The summed E-state index contributed by atoms with van der Waals surface area (Å²) in [6.07, 6.45) is 1.54. The van der Waals surface area contributed by atoms with Gasteiger partial charge in [0.15, 0.2) is 0 Å². The quantitative estimate of drug-likeness (QED) is 0.550. The summed E-state index contributed by atoms with van der Waals surface area (Å²) < 4.78 is 0. The van der Waals surface area contributed by atoms with Crippen molar-refractivity contribution in [3.63, 3.8) is 0 Å². The van der Waals surface area contributed by atoms with Crippen molar-refractivity contribution in [2.75, 3.05) is 0 Å². The Labute approximate surface area is 88.9 Å². The van der Waals surface area contributed by atoms with Gasteiger partial charge in [-0.3, -0.25) is 0 Å². The number of benzene rings is 1. The first-order valence-electron chi connectivity index (χ1n) is 3.80. The molecule has 0 bridgehead atoms. The van der Waals surface area contributed by atoms with E-state index in [9.17, 15) is 4.79 Å². The van der Waals surface area contributed by atoms with Crippen LogP contribution in [0.15, 0.2) is 29.8 Å². The van der Waals surface area contributed by atoms with Crippen LogP contribution in [0.4, 0.5) is 0 Å². The van der Waals surface area contributed by atoms with Crippen molar-refractivity contribution in [3.8, 4) is 5.75 Å². The van der Waals surface area contributed by atoms with Crippen molar-refractivity contribution >= 4 is 22.2 Å². The van der Waals surface area contributed by atoms with Crippen LogP contribution in [-0.2, 0) is 4.79 Å². The molecule has 0 aliphatic rings. The van der Waals surface area contributed by atoms with Crippen molar-refractivity contribution in [1.82, 2.24) is 0 Å². The van der Waals surface area contributed by atoms with E-state index in [-0.39, 0.29) is 24.3 Å². The van der Waals surface area contributed by atoms with Crippen molar-refractivity contribution in [1.29, 1.82) is 0 Å². The molecule has 0 amide bonds. The smallest absolute Gasteiger partial charge is 1.00 e. The third kappa shape index (κ3) is 3.42. The maximum atomic E-state index is 10.5. The summed E-state index contributed by atoms with van der Waals surface area (Å²) in [5.74, 6) is -0.766. The van der Waals surface area contributed by atoms with Gasteiger partial charge in [-0.2, -0.15) is 0 Å². The maximum Gasteiger partial charge on any atom is 2.00 e. The molecule has 0 spiro atoms. The molecule has 3 nitrogen and oxygen atoms in total. The molecule has 0 atom stereocenters. The summed E-state index contributed by atoms with van der Waals surface area (Å²) >= 11 is 0. The van der Waals surface area contributed by atoms with Crippen molar-refractivity contribution in [2.45, 2.75) is 6.92 Å². The number of hydrogen-bond donors (Lipinski definition) is 2. The van der Waals surface area contributed by atoms with Gasteiger partial charge in [0.1, 0.15) is 5.75 Å². The molecule has 1 aromatic rings. The third-order valence-corrected chi connectivity index (χ3v) is 1.61. The summed E-state index contributed by atoms with van der Waals surface area (Å²) in [7, 11) is 0. The van der Waals surface area contributed by atoms with Crippen LogP contribution in [-0.4, -0.2) is 26.3 Å². The van der Waals surface area contributed by atoms with Crippen LogP contribution >= 0.6 is 0 Å². The van der Waals surface area contributed by atoms with E-state index in [0.717, 1.165) is 5.56 Å². The Morgan fingerprint density at radius 3 is 2.29 bits per heavy atom. The van der Waals surface area contributed by atoms with Gasteiger partial charge < -0.3 is 13.1 Å². The summed E-state index contributed by atoms with van der Waals surface area (Å²) in [5, 5.41) is 17.5. The molecule has 4 heteroatoms. The predicted octanol–water partition coefficient (Wildman–Crippen LogP) is 1.72. The molecule has 2 N–H and O–H groups in total. The molecule has 0 heterocycles. The monoisotopic (exact) mass is 189 g/mol. The Balaban J connectivity index is -0.000000563. The zero-order valence-electron chi connectivity index (χ0n) is 9.90. The summed E-state index contributed by atoms with van der Waals surface area (Å²) in [6, 6.07) is 6.34. The number of carbonyl (C=O) groups is 1. The molecule has 0 radical (unpaired) electrons. The van der Waals surface area contributed by atoms with Gasteiger partial charge >= 0.3 is 16.1 Å². The number of hydrogen-bond acceptors (Lipinski definition) is 2. The molecular weight excluding hydrogens is 177 g/mol. The van der Waals surface area contributed by atoms with Crippen molar-refractivity contribution < 1.29 is 17.9 Å². The summed E-state index contributed by atoms with van der Waals surface area (Å²) in [5.41, 5.74) is 1.03. The van der Waals surface area contributed by atoms with Crippen LogP contribution in [0.3, 0.4) is 0 Å². The van der Waals surface area contributed by atoms with E-state index in [2.05, 4.69) is 0 Å². The van der Waals surface area contributed by atoms with Gasteiger partial charge in [0.2, 0.25) is 0 Å². The minimum Gasteiger partial charge on any atom is -1.00 e. The van der Waals surface area contributed by atoms with Crippen LogP contribution < -0.4 is 0 Å². The van der Waals surface area contributed by atoms with Crippen molar-refractivity contribution in [3.05, 3.63) is 35.4 Å². The SMILES string of the molecule is CC(=Cc1ccc(O)cc1)C(=O)O.[Be+2].[H-].[H-]. The minimum atomic E-state index is -0.937. The van der Waals surface area contributed by atoms with E-state index in [0.29, 0.717) is 0 Å². The third-order valence-electron chi connectivity index (χ3n) is 1.61. The summed E-state index contributed by atoms with van der Waals surface area (Å²) in [4.78, 5) is 10.5. The molecule has 0 fully saturated rings. The molecule has 0 aromatic heterocycles. The van der Waals surface area contributed by atoms with E-state index in [1.54, 1.807) is 18.2 Å².